The summed E-state index contributed by atoms with van der Waals surface area (Å²) in [5.41, 5.74) is 5.68. The van der Waals surface area contributed by atoms with Crippen LogP contribution in [0, 0.1) is 0 Å². The van der Waals surface area contributed by atoms with Gasteiger partial charge in [-0.1, -0.05) is 12.1 Å². The van der Waals surface area contributed by atoms with Gasteiger partial charge in [-0.15, -0.1) is 0 Å². The van der Waals surface area contributed by atoms with Crippen LogP contribution < -0.4 is 19.9 Å². The molecule has 0 spiro atoms. The Kier molecular flexibility index (Phi) is 5.06. The summed E-state index contributed by atoms with van der Waals surface area (Å²) in [5, 5.41) is 0. The number of aromatic nitrogens is 1. The van der Waals surface area contributed by atoms with Crippen LogP contribution in [0.4, 0.5) is 5.82 Å². The molecule has 0 unspecified atom stereocenters. The van der Waals surface area contributed by atoms with Gasteiger partial charge in [-0.25, -0.2) is 4.98 Å². The first-order valence-electron chi connectivity index (χ1n) is 6.49. The van der Waals surface area contributed by atoms with Crippen molar-refractivity contribution in [2.45, 2.75) is 6.92 Å². The molecule has 0 saturated heterocycles. The van der Waals surface area contributed by atoms with Gasteiger partial charge in [0.2, 0.25) is 0 Å². The average Bonchev–Trinajstić information content (AvgIpc) is 2.47. The molecule has 5 heteroatoms. The third-order valence-corrected chi connectivity index (χ3v) is 2.55. The molecule has 106 valence electrons. The monoisotopic (exact) mass is 274 g/mol. The van der Waals surface area contributed by atoms with Crippen LogP contribution in [0.3, 0.4) is 0 Å². The Morgan fingerprint density at radius 1 is 0.900 bits per heavy atom. The quantitative estimate of drug-likeness (QED) is 0.786. The molecule has 0 aliphatic rings. The van der Waals surface area contributed by atoms with Crippen LogP contribution in [0.15, 0.2) is 42.6 Å². The van der Waals surface area contributed by atoms with E-state index in [2.05, 4.69) is 4.98 Å². The van der Waals surface area contributed by atoms with Gasteiger partial charge in [0.05, 0.1) is 6.61 Å². The highest BCUT2D eigenvalue weighted by molar-refractivity contribution is 5.44. The summed E-state index contributed by atoms with van der Waals surface area (Å²) < 4.78 is 16.6. The third kappa shape index (κ3) is 3.78. The summed E-state index contributed by atoms with van der Waals surface area (Å²) in [5.74, 6) is 2.38. The van der Waals surface area contributed by atoms with Gasteiger partial charge in [-0.2, -0.15) is 0 Å². The van der Waals surface area contributed by atoms with Gasteiger partial charge in [0, 0.05) is 6.20 Å². The van der Waals surface area contributed by atoms with E-state index in [9.17, 15) is 0 Å². The van der Waals surface area contributed by atoms with Crippen LogP contribution in [0.25, 0.3) is 0 Å². The van der Waals surface area contributed by atoms with E-state index in [0.717, 1.165) is 5.75 Å². The van der Waals surface area contributed by atoms with Crippen molar-refractivity contribution >= 4 is 5.82 Å². The summed E-state index contributed by atoms with van der Waals surface area (Å²) >= 11 is 0. The number of ether oxygens (including phenoxy) is 3. The Morgan fingerprint density at radius 2 is 1.50 bits per heavy atom. The highest BCUT2D eigenvalue weighted by Gasteiger charge is 2.04. The largest absolute Gasteiger partial charge is 0.490 e. The van der Waals surface area contributed by atoms with Crippen molar-refractivity contribution in [3.05, 3.63) is 42.6 Å². The van der Waals surface area contributed by atoms with Crippen LogP contribution in [0.1, 0.15) is 6.92 Å². The van der Waals surface area contributed by atoms with Gasteiger partial charge < -0.3 is 19.9 Å². The van der Waals surface area contributed by atoms with Crippen molar-refractivity contribution in [1.29, 1.82) is 0 Å². The van der Waals surface area contributed by atoms with Crippen LogP contribution >= 0.6 is 0 Å². The normalized spacial score (nSPS) is 10.1. The predicted molar refractivity (Wildman–Crippen MR) is 77.3 cm³/mol. The fourth-order valence-electron chi connectivity index (χ4n) is 1.67. The number of benzene rings is 1. The van der Waals surface area contributed by atoms with Crippen molar-refractivity contribution in [1.82, 2.24) is 4.98 Å². The number of nitrogen functional groups attached to an aromatic ring is 1. The summed E-state index contributed by atoms with van der Waals surface area (Å²) in [6.45, 7) is 3.32. The maximum absolute atomic E-state index is 5.68. The Hall–Kier alpha value is -2.43. The van der Waals surface area contributed by atoms with E-state index in [4.69, 9.17) is 19.9 Å². The highest BCUT2D eigenvalue weighted by Crippen LogP contribution is 2.26. The molecule has 1 aromatic carbocycles. The molecule has 0 saturated carbocycles. The van der Waals surface area contributed by atoms with Crippen LogP contribution in [0.5, 0.6) is 17.2 Å². The summed E-state index contributed by atoms with van der Waals surface area (Å²) in [6, 6.07) is 11.1. The molecule has 0 amide bonds. The number of pyridine rings is 1. The standard InChI is InChI=1S/C15H18N2O3/c1-2-18-12-6-3-4-7-13(12)19-10-11-20-14-8-5-9-17-15(14)16/h3-9H,2,10-11H2,1H3,(H2,16,17). The third-order valence-electron chi connectivity index (χ3n) is 2.55. The Bertz CT molecular complexity index is 546. The zero-order valence-corrected chi connectivity index (χ0v) is 11.4. The van der Waals surface area contributed by atoms with E-state index in [-0.39, 0.29) is 0 Å². The predicted octanol–water partition coefficient (Wildman–Crippen LogP) is 2.52. The van der Waals surface area contributed by atoms with E-state index >= 15 is 0 Å². The van der Waals surface area contributed by atoms with Crippen molar-refractivity contribution in [3.63, 3.8) is 0 Å². The number of para-hydroxylation sites is 2. The van der Waals surface area contributed by atoms with E-state index in [0.29, 0.717) is 37.1 Å². The second-order valence-electron chi connectivity index (χ2n) is 3.96. The van der Waals surface area contributed by atoms with Gasteiger partial charge >= 0.3 is 0 Å². The molecule has 0 bridgehead atoms. The molecule has 1 heterocycles. The zero-order valence-electron chi connectivity index (χ0n) is 11.4. The molecule has 2 rings (SSSR count). The Morgan fingerprint density at radius 3 is 2.15 bits per heavy atom. The number of anilines is 1. The van der Waals surface area contributed by atoms with Gasteiger partial charge in [-0.05, 0) is 31.2 Å². The molecule has 2 aromatic rings. The van der Waals surface area contributed by atoms with E-state index < -0.39 is 0 Å². The second-order valence-corrected chi connectivity index (χ2v) is 3.96. The highest BCUT2D eigenvalue weighted by atomic mass is 16.5. The first-order chi connectivity index (χ1) is 9.81. The molecule has 0 aliphatic carbocycles. The van der Waals surface area contributed by atoms with Gasteiger partial charge in [0.25, 0.3) is 0 Å². The number of hydrogen-bond donors (Lipinski definition) is 1. The first-order valence-corrected chi connectivity index (χ1v) is 6.49. The summed E-state index contributed by atoms with van der Waals surface area (Å²) in [4.78, 5) is 3.95. The lowest BCUT2D eigenvalue weighted by molar-refractivity contribution is 0.209. The van der Waals surface area contributed by atoms with Crippen LogP contribution in [0.2, 0.25) is 0 Å². The van der Waals surface area contributed by atoms with E-state index in [1.54, 1.807) is 18.3 Å². The number of nitrogens with zero attached hydrogens (tertiary/aromatic N) is 1. The lowest BCUT2D eigenvalue weighted by atomic mass is 10.3. The van der Waals surface area contributed by atoms with E-state index in [1.165, 1.54) is 0 Å². The smallest absolute Gasteiger partial charge is 0.166 e. The van der Waals surface area contributed by atoms with Crippen molar-refractivity contribution in [2.24, 2.45) is 0 Å². The molecule has 0 atom stereocenters. The SMILES string of the molecule is CCOc1ccccc1OCCOc1cccnc1N. The number of rotatable bonds is 7. The lowest BCUT2D eigenvalue weighted by Gasteiger charge is -2.12. The summed E-state index contributed by atoms with van der Waals surface area (Å²) in [6.07, 6.45) is 1.62. The van der Waals surface area contributed by atoms with Gasteiger partial charge in [-0.3, -0.25) is 0 Å². The molecule has 5 nitrogen and oxygen atoms in total. The molecule has 1 aromatic heterocycles. The van der Waals surface area contributed by atoms with Crippen molar-refractivity contribution in [3.8, 4) is 17.2 Å². The average molecular weight is 274 g/mol. The topological polar surface area (TPSA) is 66.6 Å². The second kappa shape index (κ2) is 7.23. The molecule has 0 fully saturated rings. The minimum absolute atomic E-state index is 0.377. The minimum Gasteiger partial charge on any atom is -0.490 e. The van der Waals surface area contributed by atoms with Gasteiger partial charge in [0.15, 0.2) is 23.1 Å². The maximum Gasteiger partial charge on any atom is 0.166 e. The van der Waals surface area contributed by atoms with E-state index in [1.807, 2.05) is 31.2 Å². The van der Waals surface area contributed by atoms with Crippen molar-refractivity contribution < 1.29 is 14.2 Å². The first kappa shape index (κ1) is 14.0. The van der Waals surface area contributed by atoms with Crippen LogP contribution in [-0.2, 0) is 0 Å². The molecular weight excluding hydrogens is 256 g/mol. The summed E-state index contributed by atoms with van der Waals surface area (Å²) in [7, 11) is 0. The fourth-order valence-corrected chi connectivity index (χ4v) is 1.67. The molecule has 20 heavy (non-hydrogen) atoms. The Balaban J connectivity index is 1.83. The molecule has 0 aliphatic heterocycles. The van der Waals surface area contributed by atoms with Crippen LogP contribution in [-0.4, -0.2) is 24.8 Å². The zero-order chi connectivity index (χ0) is 14.2. The number of hydrogen-bond acceptors (Lipinski definition) is 5. The fraction of sp³-hybridized carbons (Fsp3) is 0.267. The molecular formula is C15H18N2O3. The molecule has 0 radical (unpaired) electrons. The minimum atomic E-state index is 0.377. The van der Waals surface area contributed by atoms with Crippen molar-refractivity contribution in [2.75, 3.05) is 25.6 Å². The Labute approximate surface area is 118 Å². The lowest BCUT2D eigenvalue weighted by Crippen LogP contribution is -2.11. The maximum atomic E-state index is 5.68. The number of nitrogens with two attached hydrogens (primary N) is 1. The van der Waals surface area contributed by atoms with Gasteiger partial charge in [0.1, 0.15) is 13.2 Å². The molecule has 2 N–H and O–H groups in total.